The minimum absolute atomic E-state index is 0.143. The summed E-state index contributed by atoms with van der Waals surface area (Å²) in [7, 11) is 0. The molecule has 19 heavy (non-hydrogen) atoms. The predicted molar refractivity (Wildman–Crippen MR) is 74.0 cm³/mol. The summed E-state index contributed by atoms with van der Waals surface area (Å²) in [5, 5.41) is 9.26. The van der Waals surface area contributed by atoms with Crippen LogP contribution in [0.3, 0.4) is 0 Å². The maximum absolute atomic E-state index is 9.26. The summed E-state index contributed by atoms with van der Waals surface area (Å²) in [5.41, 5.74) is 3.64. The molecular formula is C13H21N5O. The lowest BCUT2D eigenvalue weighted by Gasteiger charge is -2.25. The summed E-state index contributed by atoms with van der Waals surface area (Å²) in [4.78, 5) is 11.4. The summed E-state index contributed by atoms with van der Waals surface area (Å²) in [5.74, 6) is 8.58. The lowest BCUT2D eigenvalue weighted by atomic mass is 10.2. The Morgan fingerprint density at radius 1 is 1.32 bits per heavy atom. The molecule has 104 valence electrons. The lowest BCUT2D eigenvalue weighted by Crippen LogP contribution is -2.31. The smallest absolute Gasteiger partial charge is 0.148 e. The van der Waals surface area contributed by atoms with E-state index in [1.807, 2.05) is 6.92 Å². The van der Waals surface area contributed by atoms with E-state index in [-0.39, 0.29) is 6.61 Å². The fourth-order valence-electron chi connectivity index (χ4n) is 2.42. The molecule has 2 saturated carbocycles. The van der Waals surface area contributed by atoms with Crippen LogP contribution in [0.5, 0.6) is 0 Å². The average Bonchev–Trinajstić information content (AvgIpc) is 3.29. The van der Waals surface area contributed by atoms with Crippen molar-refractivity contribution in [2.75, 3.05) is 23.5 Å². The number of hydrogen-bond donors (Lipinski definition) is 3. The molecule has 1 aromatic rings. The molecule has 0 aliphatic heterocycles. The number of nitrogen functional groups attached to an aromatic ring is 1. The molecule has 0 atom stereocenters. The number of nitrogens with zero attached hydrogens (tertiary/aromatic N) is 3. The fourth-order valence-corrected chi connectivity index (χ4v) is 2.42. The SMILES string of the molecule is Cc1c(NN)nc(C2CC2)nc1N(CCO)C1CC1. The topological polar surface area (TPSA) is 87.3 Å². The standard InChI is InChI=1S/C13H21N5O/c1-8-11(17-14)15-12(9-2-3-9)16-13(8)18(6-7-19)10-4-5-10/h9-10,19H,2-7,14H2,1H3,(H,15,16,17). The van der Waals surface area contributed by atoms with Crippen LogP contribution in [-0.2, 0) is 0 Å². The van der Waals surface area contributed by atoms with Gasteiger partial charge in [0.05, 0.1) is 6.61 Å². The molecule has 0 saturated heterocycles. The highest BCUT2D eigenvalue weighted by Gasteiger charge is 2.33. The zero-order valence-corrected chi connectivity index (χ0v) is 11.3. The predicted octanol–water partition coefficient (Wildman–Crippen LogP) is 0.909. The minimum Gasteiger partial charge on any atom is -0.395 e. The number of aromatic nitrogens is 2. The van der Waals surface area contributed by atoms with E-state index < -0.39 is 0 Å². The number of nitrogens with one attached hydrogen (secondary N) is 1. The van der Waals surface area contributed by atoms with Crippen LogP contribution in [0.1, 0.15) is 43.0 Å². The first-order valence-electron chi connectivity index (χ1n) is 6.97. The average molecular weight is 263 g/mol. The molecule has 2 aliphatic rings. The molecule has 1 heterocycles. The second-order valence-electron chi connectivity index (χ2n) is 5.45. The molecule has 6 heteroatoms. The van der Waals surface area contributed by atoms with E-state index in [1.54, 1.807) is 0 Å². The first-order valence-corrected chi connectivity index (χ1v) is 6.97. The number of aliphatic hydroxyl groups is 1. The van der Waals surface area contributed by atoms with Crippen LogP contribution < -0.4 is 16.2 Å². The largest absolute Gasteiger partial charge is 0.395 e. The summed E-state index contributed by atoms with van der Waals surface area (Å²) < 4.78 is 0. The Morgan fingerprint density at radius 3 is 2.58 bits per heavy atom. The van der Waals surface area contributed by atoms with Gasteiger partial charge in [-0.05, 0) is 32.6 Å². The van der Waals surface area contributed by atoms with Gasteiger partial charge in [-0.3, -0.25) is 0 Å². The van der Waals surface area contributed by atoms with Gasteiger partial charge >= 0.3 is 0 Å². The monoisotopic (exact) mass is 263 g/mol. The van der Waals surface area contributed by atoms with Crippen molar-refractivity contribution in [2.24, 2.45) is 5.84 Å². The molecule has 6 nitrogen and oxygen atoms in total. The third kappa shape index (κ3) is 2.50. The number of rotatable bonds is 6. The van der Waals surface area contributed by atoms with Gasteiger partial charge in [0.2, 0.25) is 0 Å². The van der Waals surface area contributed by atoms with E-state index in [0.717, 1.165) is 30.0 Å². The second-order valence-corrected chi connectivity index (χ2v) is 5.45. The molecule has 3 rings (SSSR count). The summed E-state index contributed by atoms with van der Waals surface area (Å²) in [6.07, 6.45) is 4.67. The number of hydrazine groups is 1. The van der Waals surface area contributed by atoms with E-state index in [4.69, 9.17) is 10.8 Å². The Balaban J connectivity index is 1.98. The highest BCUT2D eigenvalue weighted by atomic mass is 16.3. The van der Waals surface area contributed by atoms with Crippen LogP contribution >= 0.6 is 0 Å². The zero-order valence-electron chi connectivity index (χ0n) is 11.3. The van der Waals surface area contributed by atoms with Crippen LogP contribution in [0.15, 0.2) is 0 Å². The normalized spacial score (nSPS) is 18.5. The van der Waals surface area contributed by atoms with Crippen molar-refractivity contribution < 1.29 is 5.11 Å². The van der Waals surface area contributed by atoms with Crippen molar-refractivity contribution in [3.05, 3.63) is 11.4 Å². The van der Waals surface area contributed by atoms with E-state index in [9.17, 15) is 5.11 Å². The van der Waals surface area contributed by atoms with Crippen LogP contribution in [0.25, 0.3) is 0 Å². The van der Waals surface area contributed by atoms with Crippen molar-refractivity contribution >= 4 is 11.6 Å². The molecule has 2 fully saturated rings. The van der Waals surface area contributed by atoms with Crippen LogP contribution in [0.2, 0.25) is 0 Å². The Kier molecular flexibility index (Phi) is 3.28. The zero-order chi connectivity index (χ0) is 13.4. The first kappa shape index (κ1) is 12.6. The maximum atomic E-state index is 9.26. The van der Waals surface area contributed by atoms with E-state index >= 15 is 0 Å². The third-order valence-electron chi connectivity index (χ3n) is 3.82. The summed E-state index contributed by atoms with van der Waals surface area (Å²) in [6.45, 7) is 2.74. The molecule has 0 bridgehead atoms. The van der Waals surface area contributed by atoms with Gasteiger partial charge in [0, 0.05) is 24.1 Å². The number of nitrogens with two attached hydrogens (primary N) is 1. The Hall–Kier alpha value is -1.40. The first-order chi connectivity index (χ1) is 9.24. The van der Waals surface area contributed by atoms with Gasteiger partial charge < -0.3 is 15.4 Å². The Morgan fingerprint density at radius 2 is 2.05 bits per heavy atom. The van der Waals surface area contributed by atoms with Crippen LogP contribution in [0.4, 0.5) is 11.6 Å². The number of aliphatic hydroxyl groups excluding tert-OH is 1. The fraction of sp³-hybridized carbons (Fsp3) is 0.692. The van der Waals surface area contributed by atoms with Crippen molar-refractivity contribution in [3.63, 3.8) is 0 Å². The molecule has 0 aromatic carbocycles. The van der Waals surface area contributed by atoms with Crippen molar-refractivity contribution in [3.8, 4) is 0 Å². The Labute approximate surface area is 113 Å². The Bertz CT molecular complexity index is 470. The van der Waals surface area contributed by atoms with Gasteiger partial charge in [-0.2, -0.15) is 0 Å². The van der Waals surface area contributed by atoms with Gasteiger partial charge in [-0.1, -0.05) is 0 Å². The molecule has 2 aliphatic carbocycles. The van der Waals surface area contributed by atoms with Gasteiger partial charge in [-0.25, -0.2) is 15.8 Å². The summed E-state index contributed by atoms with van der Waals surface area (Å²) in [6, 6.07) is 0.512. The van der Waals surface area contributed by atoms with E-state index in [2.05, 4.69) is 15.3 Å². The van der Waals surface area contributed by atoms with E-state index in [0.29, 0.717) is 24.3 Å². The molecule has 0 amide bonds. The maximum Gasteiger partial charge on any atom is 0.148 e. The quantitative estimate of drug-likeness (QED) is 0.522. The van der Waals surface area contributed by atoms with Gasteiger partial charge in [0.15, 0.2) is 0 Å². The molecule has 1 aromatic heterocycles. The highest BCUT2D eigenvalue weighted by molar-refractivity contribution is 5.59. The van der Waals surface area contributed by atoms with Gasteiger partial charge in [0.25, 0.3) is 0 Å². The number of anilines is 2. The van der Waals surface area contributed by atoms with Crippen molar-refractivity contribution in [2.45, 2.75) is 44.6 Å². The van der Waals surface area contributed by atoms with E-state index in [1.165, 1.54) is 12.8 Å². The van der Waals surface area contributed by atoms with Crippen molar-refractivity contribution in [1.82, 2.24) is 9.97 Å². The summed E-state index contributed by atoms with van der Waals surface area (Å²) >= 11 is 0. The molecular weight excluding hydrogens is 242 g/mol. The minimum atomic E-state index is 0.143. The second kappa shape index (κ2) is 4.94. The van der Waals surface area contributed by atoms with Gasteiger partial charge in [0.1, 0.15) is 17.5 Å². The van der Waals surface area contributed by atoms with Crippen LogP contribution in [0, 0.1) is 6.92 Å². The molecule has 0 radical (unpaired) electrons. The van der Waals surface area contributed by atoms with Gasteiger partial charge in [-0.15, -0.1) is 0 Å². The molecule has 4 N–H and O–H groups in total. The molecule has 0 spiro atoms. The third-order valence-corrected chi connectivity index (χ3v) is 3.82. The van der Waals surface area contributed by atoms with Crippen LogP contribution in [-0.4, -0.2) is 34.3 Å². The molecule has 0 unspecified atom stereocenters. The number of hydrogen-bond acceptors (Lipinski definition) is 6. The lowest BCUT2D eigenvalue weighted by molar-refractivity contribution is 0.301. The highest BCUT2D eigenvalue weighted by Crippen LogP contribution is 2.41. The van der Waals surface area contributed by atoms with Crippen molar-refractivity contribution in [1.29, 1.82) is 0 Å².